The van der Waals surface area contributed by atoms with Crippen LogP contribution in [0, 0.1) is 0 Å². The normalized spacial score (nSPS) is 2.25. The molecule has 0 aromatic rings. The summed E-state index contributed by atoms with van der Waals surface area (Å²) in [7, 11) is 9.14. The second kappa shape index (κ2) is 8.90. The van der Waals surface area contributed by atoms with Crippen LogP contribution in [-0.4, -0.2) is 12.7 Å². The molecule has 0 unspecified atom stereocenters. The van der Waals surface area contributed by atoms with Gasteiger partial charge in [0, 0.05) is 0 Å². The standard InChI is InChI=1S/Al.ClH.Na.S.H/h;1H;;;/q+1;;+1;;-1/p-1. The van der Waals surface area contributed by atoms with Crippen molar-refractivity contribution in [2.45, 2.75) is 0 Å². The van der Waals surface area contributed by atoms with Crippen molar-refractivity contribution in [1.29, 1.82) is 0 Å². The molecule has 0 nitrogen and oxygen atoms in total. The van der Waals surface area contributed by atoms with Crippen molar-refractivity contribution in [3.05, 3.63) is 0 Å². The summed E-state index contributed by atoms with van der Waals surface area (Å²) in [6.45, 7) is 0. The molecule has 0 rings (SSSR count). The molecule has 0 heterocycles. The van der Waals surface area contributed by atoms with Crippen molar-refractivity contribution in [1.82, 2.24) is 0 Å². The van der Waals surface area contributed by atoms with Gasteiger partial charge in [0.1, 0.15) is 0 Å². The van der Waals surface area contributed by atoms with Crippen LogP contribution in [0.25, 0.3) is 0 Å². The Morgan fingerprint density at radius 1 is 2.00 bits per heavy atom. The summed E-state index contributed by atoms with van der Waals surface area (Å²) in [5.74, 6) is 0. The molecule has 0 aliphatic rings. The minimum atomic E-state index is -0.194. The number of halogens is 1. The third kappa shape index (κ3) is 8.97. The van der Waals surface area contributed by atoms with Crippen molar-refractivity contribution in [2.75, 3.05) is 0 Å². The Bertz CT molecular complexity index is 19.1. The van der Waals surface area contributed by atoms with Gasteiger partial charge in [0.05, 0.1) is 0 Å². The quantitative estimate of drug-likeness (QED) is 0.334. The molecule has 4 heteroatoms. The number of hydrogen-bond acceptors (Lipinski definition) is 1. The van der Waals surface area contributed by atoms with Crippen molar-refractivity contribution < 1.29 is 31.0 Å². The Labute approximate surface area is 63.4 Å². The fourth-order valence-corrected chi connectivity index (χ4v) is 0. The zero-order valence-corrected chi connectivity index (χ0v) is 7.09. The van der Waals surface area contributed by atoms with Gasteiger partial charge in [0.25, 0.3) is 0 Å². The van der Waals surface area contributed by atoms with Crippen LogP contribution in [0.2, 0.25) is 0 Å². The molecule has 0 saturated heterocycles. The summed E-state index contributed by atoms with van der Waals surface area (Å²) < 4.78 is 0. The van der Waals surface area contributed by atoms with Crippen LogP contribution in [0.3, 0.4) is 0 Å². The first-order valence-corrected chi connectivity index (χ1v) is 4.09. The second-order valence-corrected chi connectivity index (χ2v) is 2.41. The molecule has 18 valence electrons. The minimum absolute atomic E-state index is 0. The third-order valence-electron chi connectivity index (χ3n) is 0. The monoisotopic (exact) mass is 118 g/mol. The fourth-order valence-electron chi connectivity index (χ4n) is 0. The van der Waals surface area contributed by atoms with Crippen LogP contribution in [0.4, 0.5) is 0 Å². The fraction of sp³-hybridized carbons (Fsp3) is 0. The van der Waals surface area contributed by atoms with E-state index in [9.17, 15) is 0 Å². The Morgan fingerprint density at radius 2 is 2.00 bits per heavy atom. The summed E-state index contributed by atoms with van der Waals surface area (Å²) in [6.07, 6.45) is 0. The first-order chi connectivity index (χ1) is 1.41. The molecule has 0 bridgehead atoms. The molecule has 0 aromatic carbocycles. The SMILES string of the molecule is [H-].[Na+].[S]=[Al][Cl]. The van der Waals surface area contributed by atoms with E-state index in [2.05, 4.69) is 10.5 Å². The maximum absolute atomic E-state index is 4.90. The molecule has 0 atom stereocenters. The average Bonchev–Trinajstić information content (AvgIpc) is 0.918. The topological polar surface area (TPSA) is 0 Å². The van der Waals surface area contributed by atoms with Crippen LogP contribution < -0.4 is 29.6 Å². The van der Waals surface area contributed by atoms with Gasteiger partial charge in [-0.2, -0.15) is 0 Å². The van der Waals surface area contributed by atoms with Crippen molar-refractivity contribution in [3.8, 4) is 0 Å². The molecule has 0 aromatic heterocycles. The number of rotatable bonds is 0. The van der Waals surface area contributed by atoms with E-state index in [4.69, 9.17) is 10.0 Å². The van der Waals surface area contributed by atoms with Gasteiger partial charge in [-0.25, -0.2) is 0 Å². The zero-order valence-electron chi connectivity index (χ0n) is 3.36. The predicted molar refractivity (Wildman–Crippen MR) is 20.3 cm³/mol. The molecular weight excluding hydrogens is 117 g/mol. The molecule has 0 amide bonds. The zero-order chi connectivity index (χ0) is 2.71. The van der Waals surface area contributed by atoms with E-state index < -0.39 is 0 Å². The molecule has 0 spiro atoms. The maximum atomic E-state index is 4.90. The number of hydrogen-bond donors (Lipinski definition) is 0. The first-order valence-electron chi connectivity index (χ1n) is 0.454. The van der Waals surface area contributed by atoms with Crippen molar-refractivity contribution >= 4 is 33.2 Å². The van der Waals surface area contributed by atoms with Crippen molar-refractivity contribution in [2.24, 2.45) is 0 Å². The van der Waals surface area contributed by atoms with E-state index in [0.29, 0.717) is 0 Å². The molecule has 0 aliphatic heterocycles. The Balaban J connectivity index is -0.0000000200. The van der Waals surface area contributed by atoms with Crippen LogP contribution in [0.15, 0.2) is 0 Å². The molecule has 4 heavy (non-hydrogen) atoms. The predicted octanol–water partition coefficient (Wildman–Crippen LogP) is -1.93. The van der Waals surface area contributed by atoms with E-state index in [-0.39, 0.29) is 43.6 Å². The summed E-state index contributed by atoms with van der Waals surface area (Å²) in [5, 5.41) is 0. The van der Waals surface area contributed by atoms with Crippen LogP contribution in [0.1, 0.15) is 1.43 Å². The van der Waals surface area contributed by atoms with E-state index >= 15 is 0 Å². The summed E-state index contributed by atoms with van der Waals surface area (Å²) in [4.78, 5) is 0. The van der Waals surface area contributed by atoms with Crippen molar-refractivity contribution in [3.63, 3.8) is 0 Å². The van der Waals surface area contributed by atoms with E-state index in [1.807, 2.05) is 0 Å². The summed E-state index contributed by atoms with van der Waals surface area (Å²) in [5.41, 5.74) is 0. The van der Waals surface area contributed by atoms with Gasteiger partial charge >= 0.3 is 62.8 Å². The molecule has 0 fully saturated rings. The molecule has 0 saturated carbocycles. The first kappa shape index (κ1) is 9.40. The Morgan fingerprint density at radius 3 is 2.00 bits per heavy atom. The molecule has 0 N–H and O–H groups in total. The second-order valence-electron chi connectivity index (χ2n) is 0.0891. The van der Waals surface area contributed by atoms with E-state index in [1.54, 1.807) is 0 Å². The van der Waals surface area contributed by atoms with Gasteiger partial charge in [-0.05, 0) is 0 Å². The third-order valence-corrected chi connectivity index (χ3v) is 0. The van der Waals surface area contributed by atoms with Gasteiger partial charge in [0.15, 0.2) is 0 Å². The van der Waals surface area contributed by atoms with Gasteiger partial charge in [-0.1, -0.05) is 0 Å². The Hall–Kier alpha value is 2.04. The van der Waals surface area contributed by atoms with Crippen LogP contribution in [0.5, 0.6) is 0 Å². The van der Waals surface area contributed by atoms with E-state index in [1.165, 1.54) is 0 Å². The van der Waals surface area contributed by atoms with E-state index in [0.717, 1.165) is 0 Å². The van der Waals surface area contributed by atoms with Gasteiger partial charge in [-0.15, -0.1) is 0 Å². The molecule has 0 aliphatic carbocycles. The molecule has 0 radical (unpaired) electrons. The van der Waals surface area contributed by atoms with Crippen LogP contribution in [-0.2, 0) is 0 Å². The summed E-state index contributed by atoms with van der Waals surface area (Å²) in [6, 6.07) is 0. The molecular formula is HAlClNaS. The summed E-state index contributed by atoms with van der Waals surface area (Å²) >= 11 is -0.194. The average molecular weight is 118 g/mol. The van der Waals surface area contributed by atoms with Gasteiger partial charge in [-0.3, -0.25) is 0 Å². The van der Waals surface area contributed by atoms with Crippen LogP contribution >= 0.6 is 20.5 Å². The Kier molecular flexibility index (Phi) is 20.9. The van der Waals surface area contributed by atoms with Gasteiger partial charge < -0.3 is 1.43 Å². The van der Waals surface area contributed by atoms with Gasteiger partial charge in [0.2, 0.25) is 0 Å².